The number of amides is 2. The van der Waals surface area contributed by atoms with Gasteiger partial charge in [-0.25, -0.2) is 4.79 Å². The van der Waals surface area contributed by atoms with Crippen LogP contribution in [0.4, 0.5) is 16.2 Å². The second kappa shape index (κ2) is 5.77. The van der Waals surface area contributed by atoms with Crippen molar-refractivity contribution < 1.29 is 4.79 Å². The summed E-state index contributed by atoms with van der Waals surface area (Å²) in [5.74, 6) is 0. The summed E-state index contributed by atoms with van der Waals surface area (Å²) in [6.45, 7) is 5.22. The summed E-state index contributed by atoms with van der Waals surface area (Å²) >= 11 is 5.91. The number of rotatable bonds is 3. The Kier molecular flexibility index (Phi) is 4.63. The number of carbonyl (C=O) groups is 1. The number of nitrogens with zero attached hydrogens (tertiary/aromatic N) is 2. The lowest BCUT2D eigenvalue weighted by Gasteiger charge is -2.27. The molecule has 2 N–H and O–H groups in total. The standard InChI is InChI=1S/C12H18ClN3O/c1-4-16(5-2)12(17)15(3)11-8-9(13)6-7-10(11)14/h6-8H,4-5,14H2,1-3H3. The van der Waals surface area contributed by atoms with Crippen LogP contribution in [0, 0.1) is 0 Å². The second-order valence-electron chi connectivity index (χ2n) is 3.72. The zero-order valence-electron chi connectivity index (χ0n) is 10.4. The van der Waals surface area contributed by atoms with Crippen LogP contribution in [0.5, 0.6) is 0 Å². The molecule has 0 aromatic heterocycles. The van der Waals surface area contributed by atoms with Crippen LogP contribution in [0.1, 0.15) is 13.8 Å². The first kappa shape index (κ1) is 13.6. The molecule has 0 radical (unpaired) electrons. The molecular weight excluding hydrogens is 238 g/mol. The van der Waals surface area contributed by atoms with Gasteiger partial charge in [0.15, 0.2) is 0 Å². The van der Waals surface area contributed by atoms with Crippen molar-refractivity contribution in [2.45, 2.75) is 13.8 Å². The smallest absolute Gasteiger partial charge is 0.324 e. The highest BCUT2D eigenvalue weighted by Crippen LogP contribution is 2.26. The minimum Gasteiger partial charge on any atom is -0.397 e. The minimum atomic E-state index is -0.0797. The molecule has 0 saturated heterocycles. The summed E-state index contributed by atoms with van der Waals surface area (Å²) < 4.78 is 0. The normalized spacial score (nSPS) is 10.1. The topological polar surface area (TPSA) is 49.6 Å². The van der Waals surface area contributed by atoms with Gasteiger partial charge in [0.1, 0.15) is 0 Å². The molecule has 1 rings (SSSR count). The zero-order chi connectivity index (χ0) is 13.0. The van der Waals surface area contributed by atoms with Gasteiger partial charge in [0.05, 0.1) is 11.4 Å². The molecule has 0 bridgehead atoms. The third kappa shape index (κ3) is 3.03. The summed E-state index contributed by atoms with van der Waals surface area (Å²) in [7, 11) is 1.70. The molecule has 1 aromatic rings. The quantitative estimate of drug-likeness (QED) is 0.845. The van der Waals surface area contributed by atoms with Crippen molar-refractivity contribution in [2.75, 3.05) is 30.8 Å². The van der Waals surface area contributed by atoms with Gasteiger partial charge < -0.3 is 10.6 Å². The van der Waals surface area contributed by atoms with Gasteiger partial charge in [-0.3, -0.25) is 4.90 Å². The van der Waals surface area contributed by atoms with Crippen LogP contribution in [-0.4, -0.2) is 31.1 Å². The van der Waals surface area contributed by atoms with Crippen molar-refractivity contribution in [3.63, 3.8) is 0 Å². The van der Waals surface area contributed by atoms with Crippen molar-refractivity contribution >= 4 is 29.0 Å². The third-order valence-electron chi connectivity index (χ3n) is 2.67. The molecule has 0 spiro atoms. The minimum absolute atomic E-state index is 0.0797. The Morgan fingerprint density at radius 1 is 1.35 bits per heavy atom. The van der Waals surface area contributed by atoms with Crippen LogP contribution in [0.15, 0.2) is 18.2 Å². The van der Waals surface area contributed by atoms with Gasteiger partial charge in [-0.2, -0.15) is 0 Å². The second-order valence-corrected chi connectivity index (χ2v) is 4.15. The molecule has 0 aliphatic rings. The van der Waals surface area contributed by atoms with E-state index in [9.17, 15) is 4.79 Å². The largest absolute Gasteiger partial charge is 0.397 e. The summed E-state index contributed by atoms with van der Waals surface area (Å²) in [6, 6.07) is 5.02. The number of nitrogens with two attached hydrogens (primary N) is 1. The number of hydrogen-bond donors (Lipinski definition) is 1. The maximum Gasteiger partial charge on any atom is 0.324 e. The number of urea groups is 1. The Labute approximate surface area is 107 Å². The van der Waals surface area contributed by atoms with Crippen LogP contribution in [0.25, 0.3) is 0 Å². The van der Waals surface area contributed by atoms with Gasteiger partial charge in [0.25, 0.3) is 0 Å². The lowest BCUT2D eigenvalue weighted by atomic mass is 10.2. The molecule has 1 aromatic carbocycles. The van der Waals surface area contributed by atoms with E-state index in [1.165, 1.54) is 4.90 Å². The van der Waals surface area contributed by atoms with Crippen molar-refractivity contribution in [2.24, 2.45) is 0 Å². The number of hydrogen-bond acceptors (Lipinski definition) is 2. The molecule has 0 atom stereocenters. The summed E-state index contributed by atoms with van der Waals surface area (Å²) in [5.41, 5.74) is 7.01. The van der Waals surface area contributed by atoms with Crippen LogP contribution in [0.3, 0.4) is 0 Å². The predicted molar refractivity (Wildman–Crippen MR) is 72.6 cm³/mol. The van der Waals surface area contributed by atoms with Crippen LogP contribution >= 0.6 is 11.6 Å². The molecule has 2 amide bonds. The fourth-order valence-electron chi connectivity index (χ4n) is 1.62. The average molecular weight is 256 g/mol. The molecule has 0 aliphatic heterocycles. The molecule has 0 saturated carbocycles. The molecule has 94 valence electrons. The first-order valence-electron chi connectivity index (χ1n) is 5.58. The van der Waals surface area contributed by atoms with Gasteiger partial charge in [-0.05, 0) is 32.0 Å². The maximum atomic E-state index is 12.1. The van der Waals surface area contributed by atoms with Crippen molar-refractivity contribution in [3.8, 4) is 0 Å². The van der Waals surface area contributed by atoms with Gasteiger partial charge in [-0.15, -0.1) is 0 Å². The molecule has 0 fully saturated rings. The highest BCUT2D eigenvalue weighted by molar-refractivity contribution is 6.31. The van der Waals surface area contributed by atoms with Crippen molar-refractivity contribution in [3.05, 3.63) is 23.2 Å². The number of anilines is 2. The monoisotopic (exact) mass is 255 g/mol. The van der Waals surface area contributed by atoms with Gasteiger partial charge in [0.2, 0.25) is 0 Å². The van der Waals surface area contributed by atoms with Crippen molar-refractivity contribution in [1.82, 2.24) is 4.90 Å². The van der Waals surface area contributed by atoms with Crippen LogP contribution in [0.2, 0.25) is 5.02 Å². The van der Waals surface area contributed by atoms with E-state index in [1.807, 2.05) is 13.8 Å². The zero-order valence-corrected chi connectivity index (χ0v) is 11.2. The molecule has 0 heterocycles. The van der Waals surface area contributed by atoms with E-state index >= 15 is 0 Å². The van der Waals surface area contributed by atoms with E-state index in [2.05, 4.69) is 0 Å². The van der Waals surface area contributed by atoms with Gasteiger partial charge in [-0.1, -0.05) is 11.6 Å². The lowest BCUT2D eigenvalue weighted by molar-refractivity contribution is 0.211. The predicted octanol–water partition coefficient (Wildman–Crippen LogP) is 2.82. The number of nitrogen functional groups attached to an aromatic ring is 1. The van der Waals surface area contributed by atoms with E-state index in [0.29, 0.717) is 29.5 Å². The first-order chi connectivity index (χ1) is 8.01. The Morgan fingerprint density at radius 2 is 1.94 bits per heavy atom. The first-order valence-corrected chi connectivity index (χ1v) is 5.96. The molecule has 4 nitrogen and oxygen atoms in total. The fourth-order valence-corrected chi connectivity index (χ4v) is 1.78. The van der Waals surface area contributed by atoms with Crippen LogP contribution in [-0.2, 0) is 0 Å². The average Bonchev–Trinajstić information content (AvgIpc) is 2.32. The van der Waals surface area contributed by atoms with E-state index in [4.69, 9.17) is 17.3 Å². The number of halogens is 1. The molecule has 0 aliphatic carbocycles. The maximum absolute atomic E-state index is 12.1. The number of carbonyl (C=O) groups excluding carboxylic acids is 1. The van der Waals surface area contributed by atoms with Crippen molar-refractivity contribution in [1.29, 1.82) is 0 Å². The lowest BCUT2D eigenvalue weighted by Crippen LogP contribution is -2.41. The van der Waals surface area contributed by atoms with E-state index in [1.54, 1.807) is 30.1 Å². The molecule has 17 heavy (non-hydrogen) atoms. The highest BCUT2D eigenvalue weighted by Gasteiger charge is 2.18. The molecule has 5 heteroatoms. The molecular formula is C12H18ClN3O. The number of benzene rings is 1. The Bertz CT molecular complexity index is 405. The van der Waals surface area contributed by atoms with Gasteiger partial charge in [0, 0.05) is 25.2 Å². The SMILES string of the molecule is CCN(CC)C(=O)N(C)c1cc(Cl)ccc1N. The summed E-state index contributed by atoms with van der Waals surface area (Å²) in [5, 5.41) is 0.563. The Morgan fingerprint density at radius 3 is 2.47 bits per heavy atom. The van der Waals surface area contributed by atoms with E-state index in [0.717, 1.165) is 0 Å². The Hall–Kier alpha value is -1.42. The highest BCUT2D eigenvalue weighted by atomic mass is 35.5. The van der Waals surface area contributed by atoms with Crippen LogP contribution < -0.4 is 10.6 Å². The summed E-state index contributed by atoms with van der Waals surface area (Å²) in [4.78, 5) is 15.4. The van der Waals surface area contributed by atoms with Gasteiger partial charge >= 0.3 is 6.03 Å². The Balaban J connectivity index is 2.99. The summed E-state index contributed by atoms with van der Waals surface area (Å²) in [6.07, 6.45) is 0. The van der Waals surface area contributed by atoms with E-state index < -0.39 is 0 Å². The fraction of sp³-hybridized carbons (Fsp3) is 0.417. The molecule has 0 unspecified atom stereocenters. The third-order valence-corrected chi connectivity index (χ3v) is 2.91. The van der Waals surface area contributed by atoms with E-state index in [-0.39, 0.29) is 6.03 Å².